The maximum absolute atomic E-state index is 14.1. The second-order valence-electron chi connectivity index (χ2n) is 12.8. The Hall–Kier alpha value is -1.20. The van der Waals surface area contributed by atoms with Crippen molar-refractivity contribution in [3.05, 3.63) is 11.6 Å². The molecule has 33 heavy (non-hydrogen) atoms. The summed E-state index contributed by atoms with van der Waals surface area (Å²) in [6, 6.07) is 0. The third kappa shape index (κ3) is 3.47. The van der Waals surface area contributed by atoms with Gasteiger partial charge in [-0.2, -0.15) is 0 Å². The van der Waals surface area contributed by atoms with Gasteiger partial charge in [0.05, 0.1) is 6.10 Å². The van der Waals surface area contributed by atoms with Gasteiger partial charge >= 0.3 is 0 Å². The molecule has 7 unspecified atom stereocenters. The number of hydrogen-bond donors (Lipinski definition) is 1. The Kier molecular flexibility index (Phi) is 5.84. The topological polar surface area (TPSA) is 72.8 Å². The summed E-state index contributed by atoms with van der Waals surface area (Å²) in [6.45, 7) is 10.1. The summed E-state index contributed by atoms with van der Waals surface area (Å²) in [6.07, 6.45) is 10.4. The minimum absolute atomic E-state index is 0.0593. The van der Waals surface area contributed by atoms with Crippen molar-refractivity contribution in [3.8, 4) is 0 Å². The van der Waals surface area contributed by atoms with E-state index in [1.807, 2.05) is 0 Å². The van der Waals surface area contributed by atoms with Crippen molar-refractivity contribution in [2.45, 2.75) is 97.9 Å². The smallest absolute Gasteiger partial charge is 0.293 e. The van der Waals surface area contributed by atoms with Gasteiger partial charge in [-0.1, -0.05) is 46.1 Å². The van der Waals surface area contributed by atoms with Crippen LogP contribution in [0.4, 0.5) is 0 Å². The Balaban J connectivity index is 1.55. The van der Waals surface area contributed by atoms with Crippen LogP contribution in [0.2, 0.25) is 0 Å². The molecule has 1 saturated heterocycles. The van der Waals surface area contributed by atoms with Crippen LogP contribution in [0.5, 0.6) is 0 Å². The maximum atomic E-state index is 14.1. The normalized spacial score (nSPS) is 51.7. The number of ketones is 1. The Morgan fingerprint density at radius 1 is 1.09 bits per heavy atom. The number of aliphatic hydroxyl groups excluding tert-OH is 1. The van der Waals surface area contributed by atoms with Crippen LogP contribution in [-0.2, 0) is 19.1 Å². The minimum atomic E-state index is -0.873. The maximum Gasteiger partial charge on any atom is 0.293 e. The number of aliphatic hydroxyl groups is 1. The zero-order valence-corrected chi connectivity index (χ0v) is 20.8. The molecule has 3 saturated carbocycles. The minimum Gasteiger partial charge on any atom is -0.465 e. The number of rotatable bonds is 3. The van der Waals surface area contributed by atoms with Crippen molar-refractivity contribution in [1.82, 2.24) is 0 Å². The SMILES string of the molecule is C[C@H]1CCCC2(C)CCC3C(=CC(=O)C4[C@@]3(C)CCC3C(COC=O)OC(O)CC[C@@]34C)C12. The van der Waals surface area contributed by atoms with Gasteiger partial charge in [-0.15, -0.1) is 0 Å². The van der Waals surface area contributed by atoms with E-state index < -0.39 is 6.29 Å². The van der Waals surface area contributed by atoms with E-state index in [-0.39, 0.29) is 35.4 Å². The lowest BCUT2D eigenvalue weighted by molar-refractivity contribution is -0.185. The molecule has 4 fully saturated rings. The van der Waals surface area contributed by atoms with E-state index in [0.717, 1.165) is 19.3 Å². The predicted octanol–water partition coefficient (Wildman–Crippen LogP) is 5.06. The van der Waals surface area contributed by atoms with Gasteiger partial charge in [-0.3, -0.25) is 9.59 Å². The summed E-state index contributed by atoms with van der Waals surface area (Å²) in [5, 5.41) is 10.5. The van der Waals surface area contributed by atoms with Crippen molar-refractivity contribution in [1.29, 1.82) is 0 Å². The molecule has 5 aliphatic rings. The molecule has 10 atom stereocenters. The molecule has 0 spiro atoms. The standard InChI is InChI=1S/C28H42O5/c1-17-6-5-10-26(2)11-7-19-18(24(17)26)14-21(30)25-27(19,3)12-8-20-22(15-32-16-29)33-23(31)9-13-28(20,25)4/h14,16-17,19-20,22-25,31H,5-13,15H2,1-4H3/t17-,19?,20?,22?,23?,24?,25?,26?,27-,28-/m0/s1. The van der Waals surface area contributed by atoms with E-state index in [2.05, 4.69) is 33.8 Å². The van der Waals surface area contributed by atoms with E-state index in [9.17, 15) is 14.7 Å². The number of allylic oxidation sites excluding steroid dienone is 2. The fourth-order valence-corrected chi connectivity index (χ4v) is 9.82. The molecule has 0 radical (unpaired) electrons. The van der Waals surface area contributed by atoms with Gasteiger partial charge in [-0.25, -0.2) is 0 Å². The van der Waals surface area contributed by atoms with Crippen LogP contribution < -0.4 is 0 Å². The number of ether oxygens (including phenoxy) is 2. The van der Waals surface area contributed by atoms with E-state index in [0.29, 0.717) is 41.8 Å². The first-order valence-electron chi connectivity index (χ1n) is 13.3. The van der Waals surface area contributed by atoms with Crippen LogP contribution in [0, 0.1) is 45.8 Å². The zero-order chi connectivity index (χ0) is 23.6. The molecule has 0 amide bonds. The van der Waals surface area contributed by atoms with E-state index >= 15 is 0 Å². The first-order chi connectivity index (χ1) is 15.6. The van der Waals surface area contributed by atoms with Crippen LogP contribution in [0.15, 0.2) is 11.6 Å². The lowest BCUT2D eigenvalue weighted by Crippen LogP contribution is -2.61. The molecule has 1 heterocycles. The van der Waals surface area contributed by atoms with E-state index in [1.54, 1.807) is 0 Å². The molecule has 1 N–H and O–H groups in total. The Morgan fingerprint density at radius 3 is 2.61 bits per heavy atom. The van der Waals surface area contributed by atoms with Crippen molar-refractivity contribution in [2.75, 3.05) is 6.61 Å². The van der Waals surface area contributed by atoms with Crippen LogP contribution in [0.25, 0.3) is 0 Å². The molecule has 5 rings (SSSR count). The monoisotopic (exact) mass is 458 g/mol. The first kappa shape index (κ1) is 23.5. The molecule has 5 heteroatoms. The predicted molar refractivity (Wildman–Crippen MR) is 125 cm³/mol. The fourth-order valence-electron chi connectivity index (χ4n) is 9.82. The molecule has 1 aliphatic heterocycles. The quantitative estimate of drug-likeness (QED) is 0.599. The Bertz CT molecular complexity index is 836. The van der Waals surface area contributed by atoms with Gasteiger partial charge in [-0.05, 0) is 90.9 Å². The molecular weight excluding hydrogens is 416 g/mol. The average molecular weight is 459 g/mol. The number of hydrogen-bond acceptors (Lipinski definition) is 5. The summed E-state index contributed by atoms with van der Waals surface area (Å²) in [5.41, 5.74) is 1.46. The first-order valence-corrected chi connectivity index (χ1v) is 13.3. The van der Waals surface area contributed by atoms with Gasteiger partial charge in [0.1, 0.15) is 6.61 Å². The molecule has 0 aromatic heterocycles. The summed E-state index contributed by atoms with van der Waals surface area (Å²) in [7, 11) is 0. The third-order valence-corrected chi connectivity index (χ3v) is 11.1. The highest BCUT2D eigenvalue weighted by molar-refractivity contribution is 5.95. The van der Waals surface area contributed by atoms with Crippen molar-refractivity contribution >= 4 is 12.3 Å². The van der Waals surface area contributed by atoms with Gasteiger partial charge in [0.25, 0.3) is 6.47 Å². The summed E-state index contributed by atoms with van der Waals surface area (Å²) >= 11 is 0. The Labute approximate surface area is 198 Å². The third-order valence-electron chi connectivity index (χ3n) is 11.1. The fraction of sp³-hybridized carbons (Fsp3) is 0.857. The van der Waals surface area contributed by atoms with Crippen molar-refractivity contribution in [3.63, 3.8) is 0 Å². The lowest BCUT2D eigenvalue weighted by atomic mass is 9.40. The van der Waals surface area contributed by atoms with E-state index in [1.165, 1.54) is 37.7 Å². The average Bonchev–Trinajstić information content (AvgIpc) is 2.87. The summed E-state index contributed by atoms with van der Waals surface area (Å²) in [4.78, 5) is 25.0. The Morgan fingerprint density at radius 2 is 1.85 bits per heavy atom. The van der Waals surface area contributed by atoms with Crippen LogP contribution in [0.1, 0.15) is 85.5 Å². The van der Waals surface area contributed by atoms with Gasteiger partial charge < -0.3 is 14.6 Å². The molecule has 5 nitrogen and oxygen atoms in total. The highest BCUT2D eigenvalue weighted by Crippen LogP contribution is 2.68. The molecule has 0 aromatic carbocycles. The second-order valence-corrected chi connectivity index (χ2v) is 12.8. The zero-order valence-electron chi connectivity index (χ0n) is 20.8. The summed E-state index contributed by atoms with van der Waals surface area (Å²) < 4.78 is 11.1. The second kappa shape index (κ2) is 8.19. The number of carbonyl (C=O) groups is 2. The molecule has 4 aliphatic carbocycles. The molecule has 184 valence electrons. The largest absolute Gasteiger partial charge is 0.465 e. The number of fused-ring (bicyclic) bond motifs is 7. The van der Waals surface area contributed by atoms with Crippen LogP contribution in [0.3, 0.4) is 0 Å². The van der Waals surface area contributed by atoms with Crippen LogP contribution in [-0.4, -0.2) is 36.4 Å². The summed E-state index contributed by atoms with van der Waals surface area (Å²) in [5.74, 6) is 1.96. The van der Waals surface area contributed by atoms with E-state index in [4.69, 9.17) is 9.47 Å². The van der Waals surface area contributed by atoms with Gasteiger partial charge in [0, 0.05) is 5.92 Å². The van der Waals surface area contributed by atoms with Gasteiger partial charge in [0.2, 0.25) is 0 Å². The van der Waals surface area contributed by atoms with Crippen LogP contribution >= 0.6 is 0 Å². The lowest BCUT2D eigenvalue weighted by Gasteiger charge is -2.64. The molecule has 0 aromatic rings. The number of carbonyl (C=O) groups excluding carboxylic acids is 2. The van der Waals surface area contributed by atoms with Gasteiger partial charge in [0.15, 0.2) is 12.1 Å². The van der Waals surface area contributed by atoms with Crippen molar-refractivity contribution < 1.29 is 24.2 Å². The highest BCUT2D eigenvalue weighted by Gasteiger charge is 2.64. The van der Waals surface area contributed by atoms with Crippen molar-refractivity contribution in [2.24, 2.45) is 45.8 Å². The molecular formula is C28H42O5. The molecule has 0 bridgehead atoms. The highest BCUT2D eigenvalue weighted by atomic mass is 16.6.